The fraction of sp³-hybridized carbons (Fsp3) is 0.818. The van der Waals surface area contributed by atoms with Crippen LogP contribution in [0.2, 0.25) is 0 Å². The van der Waals surface area contributed by atoms with Crippen molar-refractivity contribution in [3.63, 3.8) is 0 Å². The van der Waals surface area contributed by atoms with Gasteiger partial charge in [-0.1, -0.05) is 32.5 Å². The summed E-state index contributed by atoms with van der Waals surface area (Å²) in [6.07, 6.45) is 0.405. The van der Waals surface area contributed by atoms with E-state index in [1.54, 1.807) is 11.8 Å². The minimum absolute atomic E-state index is 0.277. The zero-order valence-corrected chi connectivity index (χ0v) is 11.5. The molecule has 98 valence electrons. The van der Waals surface area contributed by atoms with Gasteiger partial charge in [0.1, 0.15) is 6.61 Å². The van der Waals surface area contributed by atoms with Gasteiger partial charge in [-0.25, -0.2) is 4.79 Å². The van der Waals surface area contributed by atoms with Gasteiger partial charge in [0.2, 0.25) is 0 Å². The summed E-state index contributed by atoms with van der Waals surface area (Å²) in [4.78, 5) is 14.8. The Bertz CT molecular complexity index is 300. The van der Waals surface area contributed by atoms with Crippen LogP contribution in [0.3, 0.4) is 0 Å². The highest BCUT2D eigenvalue weighted by molar-refractivity contribution is 8.14. The summed E-state index contributed by atoms with van der Waals surface area (Å²) in [5, 5.41) is 4.62. The molecule has 3 N–H and O–H groups in total. The molecule has 1 rings (SSSR count). The lowest BCUT2D eigenvalue weighted by Gasteiger charge is -2.21. The lowest BCUT2D eigenvalue weighted by molar-refractivity contribution is 0.159. The number of aliphatic imine (C=N–C) groups is 1. The standard InChI is InChI=1S/C11H21N3O2S/c1-11(2,3)6-8-7-14-10(17-8)13-4-5-16-9(12)15/h8H,4-7H2,1-3H3,(H2,12,15)(H,13,14). The number of nitrogens with one attached hydrogen (secondary N) is 1. The van der Waals surface area contributed by atoms with Gasteiger partial charge in [-0.3, -0.25) is 4.99 Å². The molecular formula is C11H21N3O2S. The number of ether oxygens (including phenoxy) is 1. The summed E-state index contributed by atoms with van der Waals surface area (Å²) in [5.74, 6) is 0. The SMILES string of the molecule is CC(C)(C)CC1CN=C(NCCOC(N)=O)S1. The summed E-state index contributed by atoms with van der Waals surface area (Å²) in [6, 6.07) is 0. The molecule has 0 radical (unpaired) electrons. The molecule has 17 heavy (non-hydrogen) atoms. The monoisotopic (exact) mass is 259 g/mol. The van der Waals surface area contributed by atoms with E-state index in [1.807, 2.05) is 0 Å². The van der Waals surface area contributed by atoms with Crippen LogP contribution in [0.1, 0.15) is 27.2 Å². The number of carbonyl (C=O) groups excluding carboxylic acids is 1. The number of amides is 1. The molecule has 0 saturated heterocycles. The summed E-state index contributed by atoms with van der Waals surface area (Å²) >= 11 is 1.76. The molecule has 0 fully saturated rings. The minimum Gasteiger partial charge on any atom is -0.448 e. The van der Waals surface area contributed by atoms with E-state index in [0.717, 1.165) is 18.1 Å². The van der Waals surface area contributed by atoms with Crippen LogP contribution in [0.4, 0.5) is 4.79 Å². The quantitative estimate of drug-likeness (QED) is 0.751. The van der Waals surface area contributed by atoms with Gasteiger partial charge < -0.3 is 15.8 Å². The van der Waals surface area contributed by atoms with Crippen molar-refractivity contribution in [2.45, 2.75) is 32.4 Å². The highest BCUT2D eigenvalue weighted by Gasteiger charge is 2.24. The van der Waals surface area contributed by atoms with Crippen LogP contribution in [0, 0.1) is 5.41 Å². The van der Waals surface area contributed by atoms with Gasteiger partial charge in [0, 0.05) is 5.25 Å². The maximum Gasteiger partial charge on any atom is 0.404 e. The Labute approximate surface area is 107 Å². The first kappa shape index (κ1) is 14.2. The highest BCUT2D eigenvalue weighted by Crippen LogP contribution is 2.31. The molecule has 0 aromatic carbocycles. The van der Waals surface area contributed by atoms with Crippen LogP contribution in [0.15, 0.2) is 4.99 Å². The molecule has 1 aliphatic rings. The number of thioether (sulfide) groups is 1. The van der Waals surface area contributed by atoms with Crippen LogP contribution in [-0.2, 0) is 4.74 Å². The third-order valence-electron chi connectivity index (χ3n) is 2.18. The molecule has 1 atom stereocenters. The molecule has 0 bridgehead atoms. The molecule has 6 heteroatoms. The van der Waals surface area contributed by atoms with E-state index >= 15 is 0 Å². The van der Waals surface area contributed by atoms with Crippen molar-refractivity contribution in [2.24, 2.45) is 16.1 Å². The zero-order valence-electron chi connectivity index (χ0n) is 10.7. The third-order valence-corrected chi connectivity index (χ3v) is 3.33. The third kappa shape index (κ3) is 6.41. The second-order valence-corrected chi connectivity index (χ2v) is 6.53. The van der Waals surface area contributed by atoms with Crippen molar-refractivity contribution in [1.29, 1.82) is 0 Å². The number of nitrogens with zero attached hydrogens (tertiary/aromatic N) is 1. The zero-order chi connectivity index (χ0) is 12.9. The second-order valence-electron chi connectivity index (χ2n) is 5.24. The number of primary amides is 1. The van der Waals surface area contributed by atoms with Crippen molar-refractivity contribution in [2.75, 3.05) is 19.7 Å². The van der Waals surface area contributed by atoms with Crippen molar-refractivity contribution in [3.05, 3.63) is 0 Å². The number of nitrogens with two attached hydrogens (primary N) is 1. The van der Waals surface area contributed by atoms with Crippen molar-refractivity contribution < 1.29 is 9.53 Å². The van der Waals surface area contributed by atoms with E-state index < -0.39 is 6.09 Å². The number of hydrogen-bond donors (Lipinski definition) is 2. The predicted molar refractivity (Wildman–Crippen MR) is 71.3 cm³/mol. The average Bonchev–Trinajstić information content (AvgIpc) is 2.57. The molecule has 0 saturated carbocycles. The Morgan fingerprint density at radius 3 is 2.94 bits per heavy atom. The number of carbonyl (C=O) groups is 1. The molecule has 1 amide bonds. The Balaban J connectivity index is 2.15. The topological polar surface area (TPSA) is 76.7 Å². The molecule has 1 unspecified atom stereocenters. The summed E-state index contributed by atoms with van der Waals surface area (Å²) < 4.78 is 4.62. The molecule has 5 nitrogen and oxygen atoms in total. The van der Waals surface area contributed by atoms with Crippen molar-refractivity contribution in [1.82, 2.24) is 5.32 Å². The van der Waals surface area contributed by atoms with E-state index in [9.17, 15) is 4.79 Å². The smallest absolute Gasteiger partial charge is 0.404 e. The van der Waals surface area contributed by atoms with E-state index in [2.05, 4.69) is 35.8 Å². The first-order chi connectivity index (χ1) is 7.87. The molecule has 0 spiro atoms. The average molecular weight is 259 g/mol. The minimum atomic E-state index is -0.738. The van der Waals surface area contributed by atoms with E-state index in [0.29, 0.717) is 17.2 Å². The number of hydrogen-bond acceptors (Lipinski definition) is 5. The van der Waals surface area contributed by atoms with E-state index in [4.69, 9.17) is 5.73 Å². The van der Waals surface area contributed by atoms with Crippen LogP contribution in [-0.4, -0.2) is 36.2 Å². The molecule has 1 aliphatic heterocycles. The first-order valence-corrected chi connectivity index (χ1v) is 6.62. The summed E-state index contributed by atoms with van der Waals surface area (Å²) in [7, 11) is 0. The van der Waals surface area contributed by atoms with Crippen molar-refractivity contribution in [3.8, 4) is 0 Å². The summed E-state index contributed by atoms with van der Waals surface area (Å²) in [5.41, 5.74) is 5.18. The van der Waals surface area contributed by atoms with Gasteiger partial charge in [-0.2, -0.15) is 0 Å². The normalized spacial score (nSPS) is 19.9. The van der Waals surface area contributed by atoms with Crippen LogP contribution in [0.5, 0.6) is 0 Å². The fourth-order valence-corrected chi connectivity index (χ4v) is 3.00. The van der Waals surface area contributed by atoms with E-state index in [1.165, 1.54) is 0 Å². The summed E-state index contributed by atoms with van der Waals surface area (Å²) in [6.45, 7) is 8.40. The van der Waals surface area contributed by atoms with Gasteiger partial charge >= 0.3 is 6.09 Å². The van der Waals surface area contributed by atoms with E-state index in [-0.39, 0.29) is 6.61 Å². The maximum absolute atomic E-state index is 10.3. The van der Waals surface area contributed by atoms with Crippen LogP contribution >= 0.6 is 11.8 Å². The lowest BCUT2D eigenvalue weighted by Crippen LogP contribution is -2.27. The van der Waals surface area contributed by atoms with Gasteiger partial charge in [0.05, 0.1) is 13.1 Å². The second kappa shape index (κ2) is 6.14. The molecule has 0 aromatic heterocycles. The van der Waals surface area contributed by atoms with Gasteiger partial charge in [-0.15, -0.1) is 0 Å². The van der Waals surface area contributed by atoms with Gasteiger partial charge in [0.25, 0.3) is 0 Å². The Morgan fingerprint density at radius 2 is 2.35 bits per heavy atom. The first-order valence-electron chi connectivity index (χ1n) is 5.74. The fourth-order valence-electron chi connectivity index (χ4n) is 1.61. The van der Waals surface area contributed by atoms with Gasteiger partial charge in [0.15, 0.2) is 5.17 Å². The Kier molecular flexibility index (Phi) is 5.11. The maximum atomic E-state index is 10.3. The van der Waals surface area contributed by atoms with Crippen LogP contribution < -0.4 is 11.1 Å². The van der Waals surface area contributed by atoms with Crippen molar-refractivity contribution >= 4 is 23.0 Å². The van der Waals surface area contributed by atoms with Gasteiger partial charge in [-0.05, 0) is 11.8 Å². The number of amidine groups is 1. The number of rotatable bonds is 4. The predicted octanol–water partition coefficient (Wildman–Crippen LogP) is 1.58. The van der Waals surface area contributed by atoms with Crippen LogP contribution in [0.25, 0.3) is 0 Å². The molecule has 1 heterocycles. The Morgan fingerprint density at radius 1 is 1.65 bits per heavy atom. The lowest BCUT2D eigenvalue weighted by atomic mass is 9.90. The highest BCUT2D eigenvalue weighted by atomic mass is 32.2. The molecule has 0 aromatic rings. The molecular weight excluding hydrogens is 238 g/mol. The largest absolute Gasteiger partial charge is 0.448 e. The Hall–Kier alpha value is -0.910. The molecule has 0 aliphatic carbocycles.